The smallest absolute Gasteiger partial charge is 0.274 e. The van der Waals surface area contributed by atoms with Crippen LogP contribution in [0.4, 0.5) is 0 Å². The average Bonchev–Trinajstić information content (AvgIpc) is 3.34. The number of carbonyl (C=O) groups excluding carboxylic acids is 1. The zero-order valence-electron chi connectivity index (χ0n) is 17.2. The van der Waals surface area contributed by atoms with Crippen LogP contribution in [0.5, 0.6) is 5.75 Å². The number of hydrogen-bond donors (Lipinski definition) is 1. The molecule has 2 aliphatic heterocycles. The predicted octanol–water partition coefficient (Wildman–Crippen LogP) is 2.53. The van der Waals surface area contributed by atoms with Crippen LogP contribution in [0.25, 0.3) is 10.9 Å². The van der Waals surface area contributed by atoms with Crippen LogP contribution in [-0.4, -0.2) is 64.0 Å². The van der Waals surface area contributed by atoms with Crippen LogP contribution in [0.3, 0.4) is 0 Å². The largest absolute Gasteiger partial charge is 0.497 e. The number of aromatic amines is 1. The third-order valence-electron chi connectivity index (χ3n) is 6.81. The highest BCUT2D eigenvalue weighted by Gasteiger charge is 2.45. The maximum atomic E-state index is 12.8. The summed E-state index contributed by atoms with van der Waals surface area (Å²) >= 11 is 0. The van der Waals surface area contributed by atoms with E-state index in [0.717, 1.165) is 50.2 Å². The van der Waals surface area contributed by atoms with Crippen molar-refractivity contribution >= 4 is 16.8 Å². The standard InChI is InChI=1S/C22H27N5O2/c1-25-13-19(23-14-25)21(28)27-10-7-22(8-11-27)20-16(6-9-26(22)2)17-12-15(29-3)4-5-18(17)24-20/h4-5,12-14,24H,6-11H2,1-3H3. The number of benzene rings is 1. The number of ether oxygens (including phenoxy) is 1. The number of piperidine rings is 1. The summed E-state index contributed by atoms with van der Waals surface area (Å²) in [5.74, 6) is 0.920. The molecule has 1 fully saturated rings. The number of imidazole rings is 1. The molecule has 4 heterocycles. The summed E-state index contributed by atoms with van der Waals surface area (Å²) in [4.78, 5) is 25.2. The fraction of sp³-hybridized carbons (Fsp3) is 0.455. The Bertz CT molecular complexity index is 1070. The average molecular weight is 393 g/mol. The number of hydrogen-bond acceptors (Lipinski definition) is 4. The minimum absolute atomic E-state index is 0.0283. The Morgan fingerprint density at radius 2 is 2.00 bits per heavy atom. The third-order valence-corrected chi connectivity index (χ3v) is 6.81. The Hall–Kier alpha value is -2.80. The molecule has 1 spiro atoms. The van der Waals surface area contributed by atoms with Gasteiger partial charge in [-0.05, 0) is 50.1 Å². The van der Waals surface area contributed by atoms with Crippen molar-refractivity contribution in [1.82, 2.24) is 24.3 Å². The van der Waals surface area contributed by atoms with Crippen LogP contribution in [-0.2, 0) is 19.0 Å². The first-order valence-electron chi connectivity index (χ1n) is 10.2. The van der Waals surface area contributed by atoms with Gasteiger partial charge in [-0.25, -0.2) is 4.98 Å². The maximum absolute atomic E-state index is 12.8. The summed E-state index contributed by atoms with van der Waals surface area (Å²) in [6.45, 7) is 2.49. The van der Waals surface area contributed by atoms with Crippen molar-refractivity contribution in [3.63, 3.8) is 0 Å². The summed E-state index contributed by atoms with van der Waals surface area (Å²) in [5.41, 5.74) is 4.36. The molecule has 2 aromatic heterocycles. The van der Waals surface area contributed by atoms with Crippen molar-refractivity contribution in [2.45, 2.75) is 24.8 Å². The molecule has 0 radical (unpaired) electrons. The fourth-order valence-corrected chi connectivity index (χ4v) is 5.09. The summed E-state index contributed by atoms with van der Waals surface area (Å²) in [6.07, 6.45) is 6.33. The summed E-state index contributed by atoms with van der Waals surface area (Å²) in [6, 6.07) is 6.26. The predicted molar refractivity (Wildman–Crippen MR) is 111 cm³/mol. The Kier molecular flexibility index (Phi) is 4.17. The summed E-state index contributed by atoms with van der Waals surface area (Å²) in [7, 11) is 5.81. The zero-order chi connectivity index (χ0) is 20.2. The maximum Gasteiger partial charge on any atom is 0.274 e. The van der Waals surface area contributed by atoms with Crippen molar-refractivity contribution in [3.05, 3.63) is 47.7 Å². The highest BCUT2D eigenvalue weighted by Crippen LogP contribution is 2.45. The summed E-state index contributed by atoms with van der Waals surface area (Å²) < 4.78 is 7.27. The third kappa shape index (κ3) is 2.75. The second-order valence-corrected chi connectivity index (χ2v) is 8.31. The molecule has 0 bridgehead atoms. The quantitative estimate of drug-likeness (QED) is 0.727. The molecule has 0 saturated carbocycles. The van der Waals surface area contributed by atoms with Gasteiger partial charge in [0.05, 0.1) is 19.0 Å². The number of aryl methyl sites for hydroxylation is 1. The van der Waals surface area contributed by atoms with Crippen LogP contribution in [0.2, 0.25) is 0 Å². The molecule has 1 aromatic carbocycles. The van der Waals surface area contributed by atoms with E-state index in [2.05, 4.69) is 34.0 Å². The number of methoxy groups -OCH3 is 1. The lowest BCUT2D eigenvalue weighted by Crippen LogP contribution is -2.55. The first kappa shape index (κ1) is 18.2. The molecule has 5 rings (SSSR count). The number of nitrogens with zero attached hydrogens (tertiary/aromatic N) is 4. The molecular formula is C22H27N5O2. The molecule has 0 aliphatic carbocycles. The van der Waals surface area contributed by atoms with Gasteiger partial charge < -0.3 is 19.2 Å². The van der Waals surface area contributed by atoms with Crippen molar-refractivity contribution in [1.29, 1.82) is 0 Å². The number of likely N-dealkylation sites (N-methyl/N-ethyl adjacent to an activating group) is 1. The van der Waals surface area contributed by atoms with Gasteiger partial charge in [-0.3, -0.25) is 9.69 Å². The van der Waals surface area contributed by atoms with Crippen LogP contribution < -0.4 is 4.74 Å². The summed E-state index contributed by atoms with van der Waals surface area (Å²) in [5, 5.41) is 1.26. The molecule has 3 aromatic rings. The van der Waals surface area contributed by atoms with Crippen LogP contribution in [0, 0.1) is 0 Å². The normalized spacial score (nSPS) is 18.9. The van der Waals surface area contributed by atoms with Crippen molar-refractivity contribution in [2.75, 3.05) is 33.8 Å². The number of amides is 1. The van der Waals surface area contributed by atoms with E-state index in [1.807, 2.05) is 22.6 Å². The number of nitrogens with one attached hydrogen (secondary N) is 1. The number of rotatable bonds is 2. The minimum Gasteiger partial charge on any atom is -0.497 e. The van der Waals surface area contributed by atoms with E-state index < -0.39 is 0 Å². The van der Waals surface area contributed by atoms with Crippen LogP contribution in [0.15, 0.2) is 30.7 Å². The number of aromatic nitrogens is 3. The highest BCUT2D eigenvalue weighted by molar-refractivity contribution is 5.92. The van der Waals surface area contributed by atoms with E-state index in [0.29, 0.717) is 5.69 Å². The lowest BCUT2D eigenvalue weighted by molar-refractivity contribution is 0.0229. The SMILES string of the molecule is COc1ccc2[nH]c3c(c2c1)CCN(C)C31CCN(C(=O)c2cn(C)cn2)CC1. The van der Waals surface area contributed by atoms with Gasteiger partial charge in [0.1, 0.15) is 11.4 Å². The monoisotopic (exact) mass is 393 g/mol. The van der Waals surface area contributed by atoms with E-state index in [-0.39, 0.29) is 11.4 Å². The number of fused-ring (bicyclic) bond motifs is 4. The Morgan fingerprint density at radius 3 is 2.69 bits per heavy atom. The molecule has 1 N–H and O–H groups in total. The van der Waals surface area contributed by atoms with Crippen LogP contribution >= 0.6 is 0 Å². The zero-order valence-corrected chi connectivity index (χ0v) is 17.2. The molecule has 1 amide bonds. The van der Waals surface area contributed by atoms with E-state index >= 15 is 0 Å². The van der Waals surface area contributed by atoms with Crippen molar-refractivity contribution < 1.29 is 9.53 Å². The van der Waals surface area contributed by atoms with Gasteiger partial charge in [0.2, 0.25) is 0 Å². The molecule has 1 saturated heterocycles. The van der Waals surface area contributed by atoms with Gasteiger partial charge in [-0.15, -0.1) is 0 Å². The van der Waals surface area contributed by atoms with Crippen molar-refractivity contribution in [2.24, 2.45) is 7.05 Å². The van der Waals surface area contributed by atoms with Crippen molar-refractivity contribution in [3.8, 4) is 5.75 Å². The van der Waals surface area contributed by atoms with E-state index in [1.165, 1.54) is 16.6 Å². The van der Waals surface area contributed by atoms with Gasteiger partial charge in [-0.2, -0.15) is 0 Å². The first-order chi connectivity index (χ1) is 14.0. The molecule has 7 heteroatoms. The second kappa shape index (κ2) is 6.62. The van der Waals surface area contributed by atoms with Gasteiger partial charge in [0.25, 0.3) is 5.91 Å². The molecule has 2 aliphatic rings. The molecule has 7 nitrogen and oxygen atoms in total. The van der Waals surface area contributed by atoms with Gasteiger partial charge >= 0.3 is 0 Å². The number of H-pyrrole nitrogens is 1. The van der Waals surface area contributed by atoms with E-state index in [4.69, 9.17) is 4.74 Å². The molecule has 152 valence electrons. The Morgan fingerprint density at radius 1 is 1.21 bits per heavy atom. The Balaban J connectivity index is 1.46. The number of likely N-dealkylation sites (tertiary alicyclic amines) is 1. The molecule has 29 heavy (non-hydrogen) atoms. The Labute approximate surface area is 170 Å². The molecule has 0 unspecified atom stereocenters. The topological polar surface area (TPSA) is 66.4 Å². The lowest BCUT2D eigenvalue weighted by Gasteiger charge is -2.49. The second-order valence-electron chi connectivity index (χ2n) is 8.31. The molecule has 0 atom stereocenters. The molecular weight excluding hydrogens is 366 g/mol. The first-order valence-corrected chi connectivity index (χ1v) is 10.2. The lowest BCUT2D eigenvalue weighted by atomic mass is 9.78. The highest BCUT2D eigenvalue weighted by atomic mass is 16.5. The van der Waals surface area contributed by atoms with Crippen LogP contribution in [0.1, 0.15) is 34.6 Å². The van der Waals surface area contributed by atoms with E-state index in [9.17, 15) is 4.79 Å². The van der Waals surface area contributed by atoms with E-state index in [1.54, 1.807) is 19.6 Å². The fourth-order valence-electron chi connectivity index (χ4n) is 5.09. The van der Waals surface area contributed by atoms with Gasteiger partial charge in [0.15, 0.2) is 0 Å². The van der Waals surface area contributed by atoms with Gasteiger partial charge in [0, 0.05) is 49.5 Å². The minimum atomic E-state index is -0.0548. The number of carbonyl (C=O) groups is 1. The van der Waals surface area contributed by atoms with Gasteiger partial charge in [-0.1, -0.05) is 0 Å².